The molecule has 3 aromatic rings. The van der Waals surface area contributed by atoms with Crippen LogP contribution in [0.4, 0.5) is 36.1 Å². The molecule has 4 N–H and O–H groups in total. The maximum atomic E-state index is 13.8. The van der Waals surface area contributed by atoms with E-state index in [1.54, 1.807) is 18.2 Å². The number of nitrogens with one attached hydrogen (secondary N) is 4. The number of benzene rings is 2. The van der Waals surface area contributed by atoms with E-state index < -0.39 is 17.6 Å². The summed E-state index contributed by atoms with van der Waals surface area (Å²) in [5.41, 5.74) is 4.29. The van der Waals surface area contributed by atoms with Gasteiger partial charge in [-0.3, -0.25) is 9.79 Å². The van der Waals surface area contributed by atoms with Crippen molar-refractivity contribution in [3.05, 3.63) is 88.6 Å². The number of pyridine rings is 1. The Bertz CT molecular complexity index is 1410. The van der Waals surface area contributed by atoms with Crippen LogP contribution in [0, 0.1) is 0 Å². The predicted octanol–water partition coefficient (Wildman–Crippen LogP) is 5.17. The van der Waals surface area contributed by atoms with Gasteiger partial charge in [-0.2, -0.15) is 13.2 Å². The van der Waals surface area contributed by atoms with Gasteiger partial charge in [0.05, 0.1) is 34.8 Å². The smallest absolute Gasteiger partial charge is 0.355 e. The summed E-state index contributed by atoms with van der Waals surface area (Å²) in [6.07, 6.45) is -0.822. The normalized spacial score (nSPS) is 14.9. The average molecular weight is 507 g/mol. The third kappa shape index (κ3) is 5.19. The summed E-state index contributed by atoms with van der Waals surface area (Å²) in [6.45, 7) is 2.30. The summed E-state index contributed by atoms with van der Waals surface area (Å²) in [5.74, 6) is -0.186. The standard InChI is InChI=1S/C27H25F3N6O/c1-31-26(37)19-4-2-3-5-22(19)36-23-13-24(33-15-21(23)27(28,29)30)35-18-7-6-17-14-34-25(20(17)12-18)16-8-10-32-11-9-16/h2-8,12-13,15,32H,9-11,14H2,1H3,(H,31,37)(H2,33,35,36). The predicted molar refractivity (Wildman–Crippen MR) is 138 cm³/mol. The second-order valence-corrected chi connectivity index (χ2v) is 8.71. The Kier molecular flexibility index (Phi) is 6.66. The molecule has 0 atom stereocenters. The topological polar surface area (TPSA) is 90.4 Å². The lowest BCUT2D eigenvalue weighted by molar-refractivity contribution is -0.137. The Balaban J connectivity index is 1.46. The van der Waals surface area contributed by atoms with Gasteiger partial charge in [-0.05, 0) is 48.4 Å². The summed E-state index contributed by atoms with van der Waals surface area (Å²) in [7, 11) is 1.46. The molecule has 1 aromatic heterocycles. The highest BCUT2D eigenvalue weighted by Gasteiger charge is 2.34. The van der Waals surface area contributed by atoms with Crippen LogP contribution in [-0.2, 0) is 12.7 Å². The van der Waals surface area contributed by atoms with Gasteiger partial charge in [0.1, 0.15) is 5.82 Å². The third-order valence-corrected chi connectivity index (χ3v) is 6.29. The van der Waals surface area contributed by atoms with E-state index in [-0.39, 0.29) is 22.8 Å². The highest BCUT2D eigenvalue weighted by molar-refractivity contribution is 6.15. The highest BCUT2D eigenvalue weighted by atomic mass is 19.4. The Morgan fingerprint density at radius 3 is 2.65 bits per heavy atom. The van der Waals surface area contributed by atoms with Crippen molar-refractivity contribution in [3.63, 3.8) is 0 Å². The van der Waals surface area contributed by atoms with Crippen LogP contribution in [0.3, 0.4) is 0 Å². The SMILES string of the molecule is CNC(=O)c1ccccc1Nc1cc(Nc2ccc3c(c2)C(C2=CCNCC2)=NC3)ncc1C(F)(F)F. The molecule has 2 aromatic carbocycles. The first-order valence-electron chi connectivity index (χ1n) is 11.8. The number of para-hydroxylation sites is 1. The van der Waals surface area contributed by atoms with E-state index in [1.807, 2.05) is 18.2 Å². The van der Waals surface area contributed by atoms with Gasteiger partial charge in [0.2, 0.25) is 0 Å². The van der Waals surface area contributed by atoms with E-state index in [1.165, 1.54) is 24.8 Å². The van der Waals surface area contributed by atoms with Gasteiger partial charge in [0, 0.05) is 37.1 Å². The number of aromatic nitrogens is 1. The molecule has 2 aliphatic heterocycles. The average Bonchev–Trinajstić information content (AvgIpc) is 3.32. The number of anilines is 4. The quantitative estimate of drug-likeness (QED) is 0.370. The summed E-state index contributed by atoms with van der Waals surface area (Å²) in [5, 5.41) is 11.7. The number of aliphatic imine (C=N–C) groups is 1. The monoisotopic (exact) mass is 506 g/mol. The van der Waals surface area contributed by atoms with Crippen molar-refractivity contribution in [3.8, 4) is 0 Å². The Labute approximate surface area is 211 Å². The number of carbonyl (C=O) groups is 1. The van der Waals surface area contributed by atoms with Gasteiger partial charge in [-0.25, -0.2) is 4.98 Å². The second-order valence-electron chi connectivity index (χ2n) is 8.71. The van der Waals surface area contributed by atoms with E-state index in [2.05, 4.69) is 32.3 Å². The van der Waals surface area contributed by atoms with Crippen molar-refractivity contribution < 1.29 is 18.0 Å². The van der Waals surface area contributed by atoms with E-state index in [0.717, 1.165) is 42.5 Å². The van der Waals surface area contributed by atoms with Crippen LogP contribution >= 0.6 is 0 Å². The molecule has 1 amide bonds. The van der Waals surface area contributed by atoms with Crippen molar-refractivity contribution in [1.82, 2.24) is 15.6 Å². The van der Waals surface area contributed by atoms with Crippen LogP contribution in [0.1, 0.15) is 33.5 Å². The zero-order valence-electron chi connectivity index (χ0n) is 20.0. The molecule has 0 bridgehead atoms. The van der Waals surface area contributed by atoms with Gasteiger partial charge < -0.3 is 21.3 Å². The van der Waals surface area contributed by atoms with E-state index in [0.29, 0.717) is 12.2 Å². The molecule has 0 unspecified atom stereocenters. The highest BCUT2D eigenvalue weighted by Crippen LogP contribution is 2.38. The first-order chi connectivity index (χ1) is 17.8. The first-order valence-corrected chi connectivity index (χ1v) is 11.8. The molecule has 0 radical (unpaired) electrons. The Morgan fingerprint density at radius 1 is 1.05 bits per heavy atom. The number of hydrogen-bond donors (Lipinski definition) is 4. The molecule has 37 heavy (non-hydrogen) atoms. The number of amides is 1. The molecular formula is C27H25F3N6O. The minimum absolute atomic E-state index is 0.218. The molecule has 3 heterocycles. The fraction of sp³-hybridized carbons (Fsp3) is 0.222. The maximum absolute atomic E-state index is 13.8. The number of nitrogens with zero attached hydrogens (tertiary/aromatic N) is 2. The van der Waals surface area contributed by atoms with Crippen molar-refractivity contribution in [2.24, 2.45) is 4.99 Å². The molecule has 2 aliphatic rings. The van der Waals surface area contributed by atoms with Crippen molar-refractivity contribution in [2.45, 2.75) is 19.1 Å². The second kappa shape index (κ2) is 10.1. The van der Waals surface area contributed by atoms with Gasteiger partial charge in [0.15, 0.2) is 0 Å². The summed E-state index contributed by atoms with van der Waals surface area (Å²) in [4.78, 5) is 21.0. The molecule has 0 aliphatic carbocycles. The van der Waals surface area contributed by atoms with Crippen molar-refractivity contribution in [2.75, 3.05) is 30.8 Å². The van der Waals surface area contributed by atoms with Gasteiger partial charge in [-0.1, -0.05) is 24.3 Å². The van der Waals surface area contributed by atoms with Gasteiger partial charge in [-0.15, -0.1) is 0 Å². The van der Waals surface area contributed by atoms with E-state index in [4.69, 9.17) is 4.99 Å². The van der Waals surface area contributed by atoms with E-state index in [9.17, 15) is 18.0 Å². The zero-order valence-corrected chi connectivity index (χ0v) is 20.0. The molecule has 5 rings (SSSR count). The number of rotatable bonds is 6. The van der Waals surface area contributed by atoms with Crippen molar-refractivity contribution >= 4 is 34.5 Å². The number of carbonyl (C=O) groups excluding carboxylic acids is 1. The van der Waals surface area contributed by atoms with Crippen LogP contribution in [0.5, 0.6) is 0 Å². The Morgan fingerprint density at radius 2 is 1.89 bits per heavy atom. The molecule has 190 valence electrons. The first kappa shape index (κ1) is 24.5. The minimum atomic E-state index is -4.64. The van der Waals surface area contributed by atoms with Crippen LogP contribution in [0.2, 0.25) is 0 Å². The number of alkyl halides is 3. The molecule has 10 heteroatoms. The lowest BCUT2D eigenvalue weighted by Crippen LogP contribution is -2.23. The molecule has 0 saturated carbocycles. The summed E-state index contributed by atoms with van der Waals surface area (Å²) in [6, 6.07) is 13.5. The number of hydrogen-bond acceptors (Lipinski definition) is 6. The zero-order chi connectivity index (χ0) is 26.0. The fourth-order valence-electron chi connectivity index (χ4n) is 4.44. The maximum Gasteiger partial charge on any atom is 0.419 e. The minimum Gasteiger partial charge on any atom is -0.355 e. The molecule has 0 saturated heterocycles. The van der Waals surface area contributed by atoms with Gasteiger partial charge >= 0.3 is 6.18 Å². The lowest BCUT2D eigenvalue weighted by atomic mass is 9.96. The van der Waals surface area contributed by atoms with Crippen molar-refractivity contribution in [1.29, 1.82) is 0 Å². The Hall–Kier alpha value is -4.18. The molecular weight excluding hydrogens is 481 g/mol. The summed E-state index contributed by atoms with van der Waals surface area (Å²) >= 11 is 0. The van der Waals surface area contributed by atoms with Crippen LogP contribution in [-0.4, -0.2) is 36.7 Å². The van der Waals surface area contributed by atoms with Crippen LogP contribution in [0.25, 0.3) is 0 Å². The lowest BCUT2D eigenvalue weighted by Gasteiger charge is -2.18. The third-order valence-electron chi connectivity index (χ3n) is 6.29. The summed E-state index contributed by atoms with van der Waals surface area (Å²) < 4.78 is 41.4. The molecule has 0 spiro atoms. The number of fused-ring (bicyclic) bond motifs is 1. The van der Waals surface area contributed by atoms with Gasteiger partial charge in [0.25, 0.3) is 5.91 Å². The fourth-order valence-corrected chi connectivity index (χ4v) is 4.44. The number of halogens is 3. The molecule has 7 nitrogen and oxygen atoms in total. The molecule has 0 fully saturated rings. The van der Waals surface area contributed by atoms with Crippen LogP contribution < -0.4 is 21.3 Å². The van der Waals surface area contributed by atoms with E-state index >= 15 is 0 Å². The van der Waals surface area contributed by atoms with Crippen LogP contribution in [0.15, 0.2) is 71.4 Å². The largest absolute Gasteiger partial charge is 0.419 e.